The average Bonchev–Trinajstić information content (AvgIpc) is 2.74. The predicted octanol–water partition coefficient (Wildman–Crippen LogP) is -1.22. The van der Waals surface area contributed by atoms with Gasteiger partial charge in [-0.25, -0.2) is 0 Å². The van der Waals surface area contributed by atoms with Crippen LogP contribution < -0.4 is 11.2 Å². The van der Waals surface area contributed by atoms with Gasteiger partial charge in [0.1, 0.15) is 0 Å². The van der Waals surface area contributed by atoms with E-state index in [-0.39, 0.29) is 18.6 Å². The average molecular weight is 286 g/mol. The molecule has 0 radical (unpaired) electrons. The Morgan fingerprint density at radius 1 is 1.58 bits per heavy atom. The van der Waals surface area contributed by atoms with Crippen molar-refractivity contribution in [1.29, 1.82) is 0 Å². The summed E-state index contributed by atoms with van der Waals surface area (Å²) in [5, 5.41) is 18.6. The number of hydrogen-bond donors (Lipinski definition) is 3. The number of aliphatic hydroxyl groups excluding tert-OH is 2. The molecule has 1 aromatic heterocycles. The van der Waals surface area contributed by atoms with Gasteiger partial charge in [-0.1, -0.05) is 0 Å². The van der Waals surface area contributed by atoms with Gasteiger partial charge in [0.2, 0.25) is 0 Å². The summed E-state index contributed by atoms with van der Waals surface area (Å²) >= 11 is 0. The van der Waals surface area contributed by atoms with E-state index in [0.717, 1.165) is 10.8 Å². The van der Waals surface area contributed by atoms with Gasteiger partial charge in [0.05, 0.1) is 0 Å². The molecule has 3 N–H and O–H groups in total. The summed E-state index contributed by atoms with van der Waals surface area (Å²) in [7, 11) is -0.487. The van der Waals surface area contributed by atoms with Gasteiger partial charge in [-0.05, 0) is 0 Å². The number of nitrogens with one attached hydrogen (secondary N) is 1. The molecular formula is C10H11N2O6P. The van der Waals surface area contributed by atoms with Crippen LogP contribution >= 0.6 is 7.92 Å². The summed E-state index contributed by atoms with van der Waals surface area (Å²) in [5.41, 5.74) is 0.761. The number of H-pyrrole nitrogens is 1. The first-order chi connectivity index (χ1) is 9.06. The van der Waals surface area contributed by atoms with Gasteiger partial charge in [0.25, 0.3) is 0 Å². The van der Waals surface area contributed by atoms with E-state index in [1.165, 1.54) is 0 Å². The summed E-state index contributed by atoms with van der Waals surface area (Å²) in [6.45, 7) is -0.375. The van der Waals surface area contributed by atoms with Crippen LogP contribution in [0.4, 0.5) is 0 Å². The molecule has 8 nitrogen and oxygen atoms in total. The molecule has 102 valence electrons. The Labute approximate surface area is 107 Å². The first-order valence-electron chi connectivity index (χ1n) is 5.45. The van der Waals surface area contributed by atoms with E-state index >= 15 is 0 Å². The molecular weight excluding hydrogens is 275 g/mol. The molecule has 3 atom stereocenters. The second-order valence-electron chi connectivity index (χ2n) is 4.03. The Kier molecular flexibility index (Phi) is 4.19. The van der Waals surface area contributed by atoms with Crippen LogP contribution in [0.1, 0.15) is 18.2 Å². The van der Waals surface area contributed by atoms with E-state index in [1.54, 1.807) is 0 Å². The second-order valence-corrected chi connectivity index (χ2v) is 4.43. The van der Waals surface area contributed by atoms with Gasteiger partial charge >= 0.3 is 107 Å². The van der Waals surface area contributed by atoms with Crippen LogP contribution in [-0.4, -0.2) is 38.6 Å². The molecule has 2 heterocycles. The second kappa shape index (κ2) is 5.69. The topological polar surface area (TPSA) is 122 Å². The summed E-state index contributed by atoms with van der Waals surface area (Å²) in [6.07, 6.45) is -1.23. The molecule has 0 unspecified atom stereocenters. The number of nitrogens with zero attached hydrogens (tertiary/aromatic N) is 1. The van der Waals surface area contributed by atoms with Crippen LogP contribution in [0.2, 0.25) is 0 Å². The number of aromatic amines is 1. The van der Waals surface area contributed by atoms with Gasteiger partial charge in [0.15, 0.2) is 0 Å². The molecule has 1 aliphatic rings. The van der Waals surface area contributed by atoms with Crippen molar-refractivity contribution in [2.24, 2.45) is 0 Å². The molecule has 0 aromatic carbocycles. The molecule has 2 rings (SSSR count). The Balaban J connectivity index is 2.43. The van der Waals surface area contributed by atoms with E-state index in [0.29, 0.717) is 0 Å². The van der Waals surface area contributed by atoms with Crippen LogP contribution in [0.5, 0.6) is 0 Å². The number of ether oxygens (including phenoxy) is 1. The quantitative estimate of drug-likeness (QED) is 0.586. The number of aliphatic hydroxyl groups is 2. The van der Waals surface area contributed by atoms with Gasteiger partial charge in [0, 0.05) is 0 Å². The van der Waals surface area contributed by atoms with Crippen LogP contribution in [-0.2, 0) is 9.30 Å². The summed E-state index contributed by atoms with van der Waals surface area (Å²) in [4.78, 5) is 25.1. The third-order valence-corrected chi connectivity index (χ3v) is 3.16. The van der Waals surface area contributed by atoms with Crippen molar-refractivity contribution in [3.05, 3.63) is 32.6 Å². The molecule has 1 aromatic rings. The van der Waals surface area contributed by atoms with E-state index in [4.69, 9.17) is 9.84 Å². The van der Waals surface area contributed by atoms with Crippen molar-refractivity contribution in [3.63, 3.8) is 0 Å². The minimum atomic E-state index is -0.900. The standard InChI is InChI=1S/C10H11N2O6P/c13-3-7-6(14)1-8(18-7)12-2-5(4-19-17)9(15)11-10(12)16/h2,6-8,13-14H,1,3H2,(H,11,15,16)/t6-,7+,8+/m0/s1. The fraction of sp³-hybridized carbons (Fsp3) is 0.500. The van der Waals surface area contributed by atoms with E-state index in [9.17, 15) is 19.3 Å². The van der Waals surface area contributed by atoms with Crippen LogP contribution in [0.25, 0.3) is 0 Å². The van der Waals surface area contributed by atoms with Gasteiger partial charge in [-0.2, -0.15) is 0 Å². The normalized spacial score (nSPS) is 26.1. The van der Waals surface area contributed by atoms with Crippen molar-refractivity contribution in [1.82, 2.24) is 9.55 Å². The Morgan fingerprint density at radius 3 is 2.89 bits per heavy atom. The number of aromatic nitrogens is 2. The Hall–Kier alpha value is -1.43. The molecule has 0 aliphatic carbocycles. The molecule has 1 aliphatic heterocycles. The van der Waals surface area contributed by atoms with Crippen molar-refractivity contribution < 1.29 is 19.5 Å². The Bertz CT molecular complexity index is 690. The van der Waals surface area contributed by atoms with Crippen molar-refractivity contribution >= 4 is 7.92 Å². The zero-order valence-electron chi connectivity index (χ0n) is 9.65. The van der Waals surface area contributed by atoms with Gasteiger partial charge < -0.3 is 0 Å². The first kappa shape index (κ1) is 14.0. The molecule has 0 amide bonds. The van der Waals surface area contributed by atoms with Crippen LogP contribution in [0.3, 0.4) is 0 Å². The van der Waals surface area contributed by atoms with Crippen molar-refractivity contribution in [2.45, 2.75) is 24.9 Å². The predicted molar refractivity (Wildman–Crippen MR) is 63.5 cm³/mol. The van der Waals surface area contributed by atoms with Crippen molar-refractivity contribution in [3.8, 4) is 5.63 Å². The van der Waals surface area contributed by atoms with Crippen LogP contribution in [0, 0.1) is 5.63 Å². The molecule has 0 saturated carbocycles. The monoisotopic (exact) mass is 286 g/mol. The third kappa shape index (κ3) is 2.78. The summed E-state index contributed by atoms with van der Waals surface area (Å²) < 4.78 is 16.8. The molecule has 9 heteroatoms. The molecule has 19 heavy (non-hydrogen) atoms. The minimum absolute atomic E-state index is 0.0678. The summed E-state index contributed by atoms with van der Waals surface area (Å²) in [6, 6.07) is 0. The maximum atomic E-state index is 11.7. The summed E-state index contributed by atoms with van der Waals surface area (Å²) in [5.74, 6) is 0. The number of rotatable bonds is 2. The molecule has 1 fully saturated rings. The van der Waals surface area contributed by atoms with E-state index < -0.39 is 37.6 Å². The van der Waals surface area contributed by atoms with E-state index in [2.05, 4.69) is 5.63 Å². The van der Waals surface area contributed by atoms with E-state index in [1.807, 2.05) is 4.98 Å². The molecule has 0 bridgehead atoms. The van der Waals surface area contributed by atoms with Crippen molar-refractivity contribution in [2.75, 3.05) is 6.61 Å². The van der Waals surface area contributed by atoms with Gasteiger partial charge in [-0.15, -0.1) is 0 Å². The third-order valence-electron chi connectivity index (χ3n) is 2.83. The SMILES string of the molecule is O=P#Cc1cn([C@H]2C[C@H](O)[C@@H](CO)O2)c(=O)[nH]c1=O. The fourth-order valence-electron chi connectivity index (χ4n) is 1.88. The van der Waals surface area contributed by atoms with Gasteiger partial charge in [-0.3, -0.25) is 0 Å². The molecule has 1 saturated heterocycles. The van der Waals surface area contributed by atoms with Crippen LogP contribution in [0.15, 0.2) is 15.8 Å². The zero-order valence-corrected chi connectivity index (χ0v) is 10.5. The fourth-order valence-corrected chi connectivity index (χ4v) is 2.14. The zero-order chi connectivity index (χ0) is 14.0. The first-order valence-corrected chi connectivity index (χ1v) is 6.26. The Morgan fingerprint density at radius 2 is 2.32 bits per heavy atom. The maximum absolute atomic E-state index is 11.7. The molecule has 0 spiro atoms. The number of hydrogen-bond acceptors (Lipinski definition) is 6.